The van der Waals surface area contributed by atoms with E-state index in [0.717, 1.165) is 30.0 Å². The first-order valence-corrected chi connectivity index (χ1v) is 15.0. The van der Waals surface area contributed by atoms with E-state index >= 15 is 0 Å². The Kier molecular flexibility index (Phi) is 13.6. The Balaban J connectivity index is 0.00000191. The molecule has 0 saturated carbocycles. The lowest BCUT2D eigenvalue weighted by Gasteiger charge is -2.42. The molecule has 0 spiro atoms. The molecule has 0 unspecified atom stereocenters. The third kappa shape index (κ3) is 7.96. The summed E-state index contributed by atoms with van der Waals surface area (Å²) < 4.78 is 27.8. The molecule has 1 aliphatic rings. The molecule has 0 aliphatic carbocycles. The number of carbonyl (C=O) groups is 1. The Morgan fingerprint density at radius 1 is 1.18 bits per heavy atom. The summed E-state index contributed by atoms with van der Waals surface area (Å²) in [7, 11) is -0.549. The van der Waals surface area contributed by atoms with Crippen molar-refractivity contribution in [2.45, 2.75) is 71.2 Å². The van der Waals surface area contributed by atoms with Gasteiger partial charge >= 0.3 is 0 Å². The molecule has 10 nitrogen and oxygen atoms in total. The number of rotatable bonds is 10. The van der Waals surface area contributed by atoms with Gasteiger partial charge in [-0.15, -0.1) is 0 Å². The van der Waals surface area contributed by atoms with Gasteiger partial charge in [0.1, 0.15) is 0 Å². The number of nitriles is 1. The van der Waals surface area contributed by atoms with Crippen LogP contribution in [0, 0.1) is 18.3 Å². The minimum Gasteiger partial charge on any atom is -0.375 e. The van der Waals surface area contributed by atoms with Crippen molar-refractivity contribution in [3.8, 4) is 6.07 Å². The second-order valence-corrected chi connectivity index (χ2v) is 11.3. The summed E-state index contributed by atoms with van der Waals surface area (Å²) in [6.45, 7) is 17.5. The molecule has 1 amide bonds. The number of likely N-dealkylation sites (tertiary alicyclic amines) is 1. The van der Waals surface area contributed by atoms with Gasteiger partial charge in [-0.2, -0.15) is 10.4 Å². The highest BCUT2D eigenvalue weighted by atomic mass is 32.2. The second-order valence-electron chi connectivity index (χ2n) is 9.11. The van der Waals surface area contributed by atoms with Gasteiger partial charge in [0.25, 0.3) is 0 Å². The van der Waals surface area contributed by atoms with E-state index in [1.807, 2.05) is 46.2 Å². The number of amides is 1. The average Bonchev–Trinajstić information content (AvgIpc) is 3.27. The second kappa shape index (κ2) is 15.8. The van der Waals surface area contributed by atoms with Crippen LogP contribution in [0.3, 0.4) is 0 Å². The molecule has 1 saturated heterocycles. The summed E-state index contributed by atoms with van der Waals surface area (Å²) in [5.41, 5.74) is 2.76. The molecule has 40 heavy (non-hydrogen) atoms. The van der Waals surface area contributed by atoms with Crippen LogP contribution >= 0.6 is 0 Å². The molecule has 2 N–H and O–H groups in total. The van der Waals surface area contributed by atoms with E-state index in [2.05, 4.69) is 28.2 Å². The number of benzene rings is 1. The number of anilines is 2. The van der Waals surface area contributed by atoms with Crippen LogP contribution in [-0.4, -0.2) is 61.0 Å². The SMILES string of the molecule is C=C(C)N1CCC(CC#N)(n2nc(Nc3ccc(S(=O)(=O)N(C)C)cc3)c(C)c2/C=C\NC=O)CC1.CC.CC. The minimum atomic E-state index is -3.53. The lowest BCUT2D eigenvalue weighted by Crippen LogP contribution is -2.46. The largest absolute Gasteiger partial charge is 0.375 e. The molecule has 1 fully saturated rings. The van der Waals surface area contributed by atoms with Crippen molar-refractivity contribution in [1.29, 1.82) is 5.26 Å². The minimum absolute atomic E-state index is 0.195. The summed E-state index contributed by atoms with van der Waals surface area (Å²) in [5.74, 6) is 0.587. The highest BCUT2D eigenvalue weighted by Gasteiger charge is 2.39. The maximum Gasteiger partial charge on any atom is 0.242 e. The zero-order valence-electron chi connectivity index (χ0n) is 25.2. The Morgan fingerprint density at radius 2 is 1.75 bits per heavy atom. The third-order valence-corrected chi connectivity index (χ3v) is 8.39. The van der Waals surface area contributed by atoms with Gasteiger partial charge in [-0.25, -0.2) is 12.7 Å². The molecule has 0 atom stereocenters. The van der Waals surface area contributed by atoms with Crippen LogP contribution in [-0.2, 0) is 20.4 Å². The molecule has 11 heteroatoms. The van der Waals surface area contributed by atoms with Crippen LogP contribution < -0.4 is 10.6 Å². The van der Waals surface area contributed by atoms with Gasteiger partial charge in [0.15, 0.2) is 5.82 Å². The molecule has 220 valence electrons. The molecule has 2 aromatic rings. The molecule has 0 radical (unpaired) electrons. The number of sulfonamides is 1. The first-order valence-electron chi connectivity index (χ1n) is 13.6. The average molecular weight is 572 g/mol. The Morgan fingerprint density at radius 3 is 2.23 bits per heavy atom. The van der Waals surface area contributed by atoms with E-state index in [-0.39, 0.29) is 11.3 Å². The highest BCUT2D eigenvalue weighted by molar-refractivity contribution is 7.89. The number of carbonyl (C=O) groups excluding carboxylic acids is 1. The number of hydrogen-bond donors (Lipinski definition) is 2. The predicted molar refractivity (Wildman–Crippen MR) is 162 cm³/mol. The Labute approximate surface area is 240 Å². The lowest BCUT2D eigenvalue weighted by atomic mass is 9.84. The van der Waals surface area contributed by atoms with Crippen molar-refractivity contribution in [1.82, 2.24) is 24.3 Å². The number of nitrogens with one attached hydrogen (secondary N) is 2. The summed E-state index contributed by atoms with van der Waals surface area (Å²) in [6.07, 6.45) is 5.63. The van der Waals surface area contributed by atoms with Crippen LogP contribution in [0.15, 0.2) is 47.6 Å². The molecule has 3 rings (SSSR count). The van der Waals surface area contributed by atoms with E-state index in [9.17, 15) is 18.5 Å². The smallest absolute Gasteiger partial charge is 0.242 e. The van der Waals surface area contributed by atoms with Gasteiger partial charge in [0.05, 0.1) is 28.6 Å². The summed E-state index contributed by atoms with van der Waals surface area (Å²) >= 11 is 0. The molecule has 2 heterocycles. The molecular formula is C29H45N7O3S. The normalized spacial score (nSPS) is 14.3. The summed E-state index contributed by atoms with van der Waals surface area (Å²) in [4.78, 5) is 13.2. The molecule has 0 bridgehead atoms. The number of nitrogens with zero attached hydrogens (tertiary/aromatic N) is 5. The predicted octanol–water partition coefficient (Wildman–Crippen LogP) is 5.19. The fraction of sp³-hybridized carbons (Fsp3) is 0.483. The van der Waals surface area contributed by atoms with Gasteiger partial charge < -0.3 is 15.5 Å². The molecule has 1 aliphatic heterocycles. The van der Waals surface area contributed by atoms with Crippen molar-refractivity contribution < 1.29 is 13.2 Å². The molecule has 1 aromatic carbocycles. The van der Waals surface area contributed by atoms with Crippen molar-refractivity contribution >= 4 is 34.0 Å². The first kappa shape index (κ1) is 34.4. The maximum atomic E-state index is 12.4. The van der Waals surface area contributed by atoms with E-state index in [1.54, 1.807) is 36.5 Å². The quantitative estimate of drug-likeness (QED) is 0.376. The maximum absolute atomic E-state index is 12.4. The van der Waals surface area contributed by atoms with Crippen LogP contribution in [0.25, 0.3) is 6.08 Å². The Hall–Kier alpha value is -3.62. The number of hydrogen-bond acceptors (Lipinski definition) is 7. The fourth-order valence-corrected chi connectivity index (χ4v) is 5.23. The van der Waals surface area contributed by atoms with Crippen molar-refractivity contribution in [3.05, 3.63) is 54.0 Å². The van der Waals surface area contributed by atoms with E-state index in [4.69, 9.17) is 5.10 Å². The summed E-state index contributed by atoms with van der Waals surface area (Å²) in [5, 5.41) is 20.4. The summed E-state index contributed by atoms with van der Waals surface area (Å²) in [6, 6.07) is 8.81. The number of piperidine rings is 1. The fourth-order valence-electron chi connectivity index (χ4n) is 4.32. The van der Waals surface area contributed by atoms with Gasteiger partial charge in [0.2, 0.25) is 16.4 Å². The highest BCUT2D eigenvalue weighted by Crippen LogP contribution is 2.38. The van der Waals surface area contributed by atoms with Crippen LogP contribution in [0.4, 0.5) is 11.5 Å². The van der Waals surface area contributed by atoms with Crippen molar-refractivity contribution in [3.63, 3.8) is 0 Å². The van der Waals surface area contributed by atoms with Crippen LogP contribution in [0.1, 0.15) is 65.1 Å². The lowest BCUT2D eigenvalue weighted by molar-refractivity contribution is -0.108. The topological polar surface area (TPSA) is 123 Å². The van der Waals surface area contributed by atoms with Gasteiger partial charge in [0, 0.05) is 50.3 Å². The first-order chi connectivity index (χ1) is 19.1. The third-order valence-electron chi connectivity index (χ3n) is 6.56. The number of aromatic nitrogens is 2. The zero-order chi connectivity index (χ0) is 30.5. The monoisotopic (exact) mass is 571 g/mol. The number of allylic oxidation sites excluding steroid dienone is 1. The standard InChI is InChI=1S/C25H33N7O3S.2C2H6/c1-19(2)31-16-12-25(11-14-26,13-17-31)32-23(10-15-27-18-33)20(3)24(29-32)28-21-6-8-22(9-7-21)36(34,35)30(4)5;2*1-2/h6-10,15,18H,1,11-13,16-17H2,2-5H3,(H,27,33)(H,28,29);2*1-2H3/b15-10-;;. The van der Waals surface area contributed by atoms with Gasteiger partial charge in [-0.1, -0.05) is 34.3 Å². The zero-order valence-corrected chi connectivity index (χ0v) is 26.0. The van der Waals surface area contributed by atoms with E-state index in [0.29, 0.717) is 30.8 Å². The molecule has 1 aromatic heterocycles. The van der Waals surface area contributed by atoms with Crippen molar-refractivity contribution in [2.75, 3.05) is 32.5 Å². The van der Waals surface area contributed by atoms with Crippen LogP contribution in [0.2, 0.25) is 0 Å². The Bertz CT molecular complexity index is 1280. The van der Waals surface area contributed by atoms with Gasteiger partial charge in [-0.3, -0.25) is 9.48 Å². The van der Waals surface area contributed by atoms with E-state index in [1.165, 1.54) is 18.4 Å². The molecular weight excluding hydrogens is 526 g/mol. The van der Waals surface area contributed by atoms with Gasteiger partial charge in [-0.05, 0) is 57.0 Å². The van der Waals surface area contributed by atoms with E-state index < -0.39 is 15.6 Å². The van der Waals surface area contributed by atoms with Crippen LogP contribution in [0.5, 0.6) is 0 Å². The van der Waals surface area contributed by atoms with Crippen molar-refractivity contribution in [2.24, 2.45) is 0 Å².